The van der Waals surface area contributed by atoms with Crippen molar-refractivity contribution in [1.82, 2.24) is 15.3 Å². The summed E-state index contributed by atoms with van der Waals surface area (Å²) < 4.78 is 12.5. The summed E-state index contributed by atoms with van der Waals surface area (Å²) >= 11 is 1.57. The molecule has 0 aliphatic carbocycles. The molecule has 1 aliphatic rings. The number of hydrogen-bond acceptors (Lipinski definition) is 4. The van der Waals surface area contributed by atoms with Gasteiger partial charge in [-0.25, -0.2) is 14.4 Å². The predicted molar refractivity (Wildman–Crippen MR) is 53.7 cm³/mol. The molecule has 0 spiro atoms. The molecular weight excluding hydrogens is 201 g/mol. The van der Waals surface area contributed by atoms with Gasteiger partial charge in [-0.05, 0) is 19.4 Å². The predicted octanol–water partition coefficient (Wildman–Crippen LogP) is 1.46. The molecule has 76 valence electrons. The summed E-state index contributed by atoms with van der Waals surface area (Å²) in [5.74, 6) is 0.583. The van der Waals surface area contributed by atoms with Crippen molar-refractivity contribution in [3.8, 4) is 0 Å². The normalized spacial score (nSPS) is 21.4. The van der Waals surface area contributed by atoms with Crippen LogP contribution in [0.3, 0.4) is 0 Å². The Morgan fingerprint density at radius 3 is 2.93 bits per heavy atom. The van der Waals surface area contributed by atoms with Crippen molar-refractivity contribution in [1.29, 1.82) is 0 Å². The third-order valence-corrected chi connectivity index (χ3v) is 3.21. The van der Waals surface area contributed by atoms with Gasteiger partial charge in [0, 0.05) is 11.8 Å². The van der Waals surface area contributed by atoms with Crippen LogP contribution in [0.25, 0.3) is 0 Å². The summed E-state index contributed by atoms with van der Waals surface area (Å²) in [7, 11) is 0. The number of halogens is 1. The molecule has 1 atom stereocenters. The highest BCUT2D eigenvalue weighted by Gasteiger charge is 2.14. The van der Waals surface area contributed by atoms with E-state index in [0.29, 0.717) is 11.2 Å². The van der Waals surface area contributed by atoms with Crippen molar-refractivity contribution >= 4 is 11.8 Å². The maximum Gasteiger partial charge on any atom is 0.187 e. The molecule has 0 unspecified atom stereocenters. The number of rotatable bonds is 3. The molecule has 3 nitrogen and oxygen atoms in total. The minimum atomic E-state index is -0.381. The fourth-order valence-electron chi connectivity index (χ4n) is 1.45. The van der Waals surface area contributed by atoms with E-state index in [0.717, 1.165) is 12.3 Å². The minimum Gasteiger partial charge on any atom is -0.313 e. The van der Waals surface area contributed by atoms with Gasteiger partial charge < -0.3 is 5.32 Å². The van der Waals surface area contributed by atoms with E-state index in [9.17, 15) is 4.39 Å². The van der Waals surface area contributed by atoms with Gasteiger partial charge in [0.05, 0.1) is 12.4 Å². The SMILES string of the molecule is Fc1cnc(SC[C@H]2CCCN2)nc1. The molecule has 1 N–H and O–H groups in total. The van der Waals surface area contributed by atoms with Gasteiger partial charge in [-0.3, -0.25) is 0 Å². The highest BCUT2D eigenvalue weighted by atomic mass is 32.2. The molecule has 0 saturated carbocycles. The lowest BCUT2D eigenvalue weighted by Gasteiger charge is -2.07. The van der Waals surface area contributed by atoms with Gasteiger partial charge in [-0.2, -0.15) is 0 Å². The van der Waals surface area contributed by atoms with Crippen LogP contribution in [0.15, 0.2) is 17.6 Å². The second-order valence-electron chi connectivity index (χ2n) is 3.29. The van der Waals surface area contributed by atoms with Crippen molar-refractivity contribution in [2.75, 3.05) is 12.3 Å². The molecule has 0 radical (unpaired) electrons. The van der Waals surface area contributed by atoms with Gasteiger partial charge in [-0.1, -0.05) is 11.8 Å². The summed E-state index contributed by atoms with van der Waals surface area (Å²) in [6.45, 7) is 1.11. The molecule has 1 aliphatic heterocycles. The van der Waals surface area contributed by atoms with Crippen LogP contribution in [0.4, 0.5) is 4.39 Å². The summed E-state index contributed by atoms with van der Waals surface area (Å²) in [4.78, 5) is 7.78. The average molecular weight is 213 g/mol. The van der Waals surface area contributed by atoms with Crippen molar-refractivity contribution in [2.24, 2.45) is 0 Å². The van der Waals surface area contributed by atoms with Gasteiger partial charge in [0.1, 0.15) is 0 Å². The molecule has 2 rings (SSSR count). The highest BCUT2D eigenvalue weighted by molar-refractivity contribution is 7.99. The van der Waals surface area contributed by atoms with Crippen LogP contribution in [0, 0.1) is 5.82 Å². The Labute approximate surface area is 86.5 Å². The van der Waals surface area contributed by atoms with Crippen LogP contribution in [0.1, 0.15) is 12.8 Å². The standard InChI is InChI=1S/C9H12FN3S/c10-7-4-12-9(13-5-7)14-6-8-2-1-3-11-8/h4-5,8,11H,1-3,6H2/t8-/m1/s1. The van der Waals surface area contributed by atoms with Crippen LogP contribution < -0.4 is 5.32 Å². The third-order valence-electron chi connectivity index (χ3n) is 2.17. The summed E-state index contributed by atoms with van der Waals surface area (Å²) in [6, 6.07) is 0.564. The lowest BCUT2D eigenvalue weighted by molar-refractivity contribution is 0.605. The van der Waals surface area contributed by atoms with E-state index < -0.39 is 0 Å². The average Bonchev–Trinajstić information content (AvgIpc) is 2.70. The Morgan fingerprint density at radius 1 is 1.50 bits per heavy atom. The minimum absolute atomic E-state index is 0.381. The maximum absolute atomic E-state index is 12.5. The molecule has 0 aromatic carbocycles. The number of nitrogens with one attached hydrogen (secondary N) is 1. The lowest BCUT2D eigenvalue weighted by Crippen LogP contribution is -2.23. The van der Waals surface area contributed by atoms with Crippen molar-refractivity contribution in [3.63, 3.8) is 0 Å². The van der Waals surface area contributed by atoms with Gasteiger partial charge in [-0.15, -0.1) is 0 Å². The number of thioether (sulfide) groups is 1. The van der Waals surface area contributed by atoms with E-state index in [1.165, 1.54) is 25.2 Å². The van der Waals surface area contributed by atoms with Crippen LogP contribution in [-0.2, 0) is 0 Å². The van der Waals surface area contributed by atoms with E-state index >= 15 is 0 Å². The summed E-state index contributed by atoms with van der Waals surface area (Å²) in [6.07, 6.45) is 4.87. The monoisotopic (exact) mass is 213 g/mol. The van der Waals surface area contributed by atoms with Crippen molar-refractivity contribution < 1.29 is 4.39 Å². The van der Waals surface area contributed by atoms with Crippen LogP contribution in [0.2, 0.25) is 0 Å². The first-order valence-electron chi connectivity index (χ1n) is 4.68. The smallest absolute Gasteiger partial charge is 0.187 e. The molecule has 1 aromatic rings. The fraction of sp³-hybridized carbons (Fsp3) is 0.556. The Kier molecular flexibility index (Phi) is 3.31. The summed E-state index contributed by atoms with van der Waals surface area (Å²) in [5.41, 5.74) is 0. The molecule has 0 amide bonds. The van der Waals surface area contributed by atoms with Crippen LogP contribution >= 0.6 is 11.8 Å². The molecule has 0 bridgehead atoms. The first kappa shape index (κ1) is 9.86. The van der Waals surface area contributed by atoms with E-state index in [-0.39, 0.29) is 5.82 Å². The van der Waals surface area contributed by atoms with E-state index in [4.69, 9.17) is 0 Å². The molecular formula is C9H12FN3S. The Balaban J connectivity index is 1.82. The van der Waals surface area contributed by atoms with Gasteiger partial charge in [0.15, 0.2) is 11.0 Å². The van der Waals surface area contributed by atoms with Gasteiger partial charge >= 0.3 is 0 Å². The Bertz CT molecular complexity index is 285. The zero-order chi connectivity index (χ0) is 9.80. The van der Waals surface area contributed by atoms with E-state index in [1.54, 1.807) is 11.8 Å². The Hall–Kier alpha value is -0.680. The first-order chi connectivity index (χ1) is 6.84. The molecule has 2 heterocycles. The van der Waals surface area contributed by atoms with Gasteiger partial charge in [0.2, 0.25) is 0 Å². The van der Waals surface area contributed by atoms with E-state index in [2.05, 4.69) is 15.3 Å². The lowest BCUT2D eigenvalue weighted by atomic mass is 10.3. The quantitative estimate of drug-likeness (QED) is 0.609. The Morgan fingerprint density at radius 2 is 2.29 bits per heavy atom. The number of nitrogens with zero attached hydrogens (tertiary/aromatic N) is 2. The zero-order valence-corrected chi connectivity index (χ0v) is 8.56. The molecule has 1 aromatic heterocycles. The molecule has 1 saturated heterocycles. The molecule has 14 heavy (non-hydrogen) atoms. The topological polar surface area (TPSA) is 37.8 Å². The molecule has 5 heteroatoms. The van der Waals surface area contributed by atoms with Gasteiger partial charge in [0.25, 0.3) is 0 Å². The van der Waals surface area contributed by atoms with Crippen LogP contribution in [-0.4, -0.2) is 28.3 Å². The second kappa shape index (κ2) is 4.70. The second-order valence-corrected chi connectivity index (χ2v) is 4.28. The van der Waals surface area contributed by atoms with Crippen molar-refractivity contribution in [3.05, 3.63) is 18.2 Å². The van der Waals surface area contributed by atoms with Crippen LogP contribution in [0.5, 0.6) is 0 Å². The summed E-state index contributed by atoms with van der Waals surface area (Å²) in [5, 5.41) is 4.04. The molecule has 1 fully saturated rings. The number of aromatic nitrogens is 2. The zero-order valence-electron chi connectivity index (χ0n) is 7.74. The largest absolute Gasteiger partial charge is 0.313 e. The first-order valence-corrected chi connectivity index (χ1v) is 5.67. The highest BCUT2D eigenvalue weighted by Crippen LogP contribution is 2.17. The fourth-order valence-corrected chi connectivity index (χ4v) is 2.34. The van der Waals surface area contributed by atoms with E-state index in [1.807, 2.05) is 0 Å². The number of hydrogen-bond donors (Lipinski definition) is 1. The van der Waals surface area contributed by atoms with Crippen molar-refractivity contribution in [2.45, 2.75) is 24.0 Å². The third kappa shape index (κ3) is 2.65. The maximum atomic E-state index is 12.5.